The van der Waals surface area contributed by atoms with Crippen LogP contribution in [0.2, 0.25) is 0 Å². The molecule has 1 N–H and O–H groups in total. The summed E-state index contributed by atoms with van der Waals surface area (Å²) in [6.45, 7) is 3.06. The van der Waals surface area contributed by atoms with E-state index in [-0.39, 0.29) is 5.91 Å². The van der Waals surface area contributed by atoms with Gasteiger partial charge in [0.1, 0.15) is 5.82 Å². The molecule has 100 valence electrons. The highest BCUT2D eigenvalue weighted by Gasteiger charge is 2.25. The first-order chi connectivity index (χ1) is 9.13. The molecule has 1 amide bonds. The number of carbonyl (C=O) groups excluding carboxylic acids is 1. The zero-order valence-electron chi connectivity index (χ0n) is 11.0. The van der Waals surface area contributed by atoms with Crippen molar-refractivity contribution in [2.75, 3.05) is 32.1 Å². The zero-order chi connectivity index (χ0) is 13.8. The number of aromatic nitrogens is 1. The molecule has 2 heterocycles. The topological polar surface area (TPSA) is 78.3 Å². The summed E-state index contributed by atoms with van der Waals surface area (Å²) in [5.74, 6) is 0.569. The van der Waals surface area contributed by atoms with E-state index in [1.165, 1.54) is 0 Å². The molecule has 0 aromatic carbocycles. The monoisotopic (exact) mass is 260 g/mol. The minimum Gasteiger partial charge on any atom is -0.373 e. The van der Waals surface area contributed by atoms with Gasteiger partial charge in [-0.05, 0) is 19.1 Å². The molecule has 1 saturated heterocycles. The van der Waals surface area contributed by atoms with Crippen molar-refractivity contribution in [3.63, 3.8) is 0 Å². The molecule has 1 aromatic heterocycles. The Morgan fingerprint density at radius 3 is 3.11 bits per heavy atom. The number of aryl methyl sites for hydroxylation is 1. The fourth-order valence-electron chi connectivity index (χ4n) is 2.01. The molecule has 0 aliphatic carbocycles. The highest BCUT2D eigenvalue weighted by atomic mass is 16.5. The molecule has 1 aliphatic rings. The first kappa shape index (κ1) is 13.3. The molecule has 0 radical (unpaired) electrons. The Morgan fingerprint density at radius 1 is 1.63 bits per heavy atom. The van der Waals surface area contributed by atoms with Gasteiger partial charge >= 0.3 is 0 Å². The van der Waals surface area contributed by atoms with Crippen molar-refractivity contribution in [2.45, 2.75) is 13.0 Å². The van der Waals surface area contributed by atoms with Crippen molar-refractivity contribution >= 4 is 11.7 Å². The lowest BCUT2D eigenvalue weighted by atomic mass is 10.1. The van der Waals surface area contributed by atoms with Gasteiger partial charge in [-0.2, -0.15) is 5.26 Å². The Kier molecular flexibility index (Phi) is 3.97. The average molecular weight is 260 g/mol. The van der Waals surface area contributed by atoms with Crippen molar-refractivity contribution in [3.05, 3.63) is 23.4 Å². The molecular weight excluding hydrogens is 244 g/mol. The van der Waals surface area contributed by atoms with Gasteiger partial charge in [-0.15, -0.1) is 0 Å². The minimum absolute atomic E-state index is 0.0921. The number of carbonyl (C=O) groups is 1. The van der Waals surface area contributed by atoms with Crippen molar-refractivity contribution in [1.29, 1.82) is 5.26 Å². The maximum absolute atomic E-state index is 12.4. The number of hydrogen-bond donors (Lipinski definition) is 1. The molecule has 0 saturated carbocycles. The SMILES string of the molecule is CNc1cc(C(=O)N2CCOC(C#N)C2)cc(C)n1. The fourth-order valence-corrected chi connectivity index (χ4v) is 2.01. The second kappa shape index (κ2) is 5.67. The molecule has 6 nitrogen and oxygen atoms in total. The van der Waals surface area contributed by atoms with Crippen LogP contribution in [0.3, 0.4) is 0 Å². The van der Waals surface area contributed by atoms with Crippen molar-refractivity contribution < 1.29 is 9.53 Å². The van der Waals surface area contributed by atoms with Crippen molar-refractivity contribution in [3.8, 4) is 6.07 Å². The van der Waals surface area contributed by atoms with Gasteiger partial charge in [-0.25, -0.2) is 4.98 Å². The van der Waals surface area contributed by atoms with Gasteiger partial charge < -0.3 is 15.0 Å². The molecule has 19 heavy (non-hydrogen) atoms. The predicted molar refractivity (Wildman–Crippen MR) is 69.8 cm³/mol. The van der Waals surface area contributed by atoms with Crippen LogP contribution in [0.15, 0.2) is 12.1 Å². The second-order valence-electron chi connectivity index (χ2n) is 4.37. The first-order valence-electron chi connectivity index (χ1n) is 6.11. The normalized spacial score (nSPS) is 18.8. The van der Waals surface area contributed by atoms with E-state index >= 15 is 0 Å². The summed E-state index contributed by atoms with van der Waals surface area (Å²) < 4.78 is 5.23. The van der Waals surface area contributed by atoms with Crippen LogP contribution in [-0.4, -0.2) is 48.6 Å². The maximum Gasteiger partial charge on any atom is 0.254 e. The summed E-state index contributed by atoms with van der Waals surface area (Å²) in [6.07, 6.45) is -0.538. The Hall–Kier alpha value is -2.13. The number of nitriles is 1. The summed E-state index contributed by atoms with van der Waals surface area (Å²) in [6, 6.07) is 5.50. The Labute approximate surface area is 112 Å². The van der Waals surface area contributed by atoms with Gasteiger partial charge in [-0.3, -0.25) is 4.79 Å². The number of amides is 1. The third-order valence-corrected chi connectivity index (χ3v) is 2.95. The Bertz CT molecular complexity index is 524. The molecule has 1 aliphatic heterocycles. The largest absolute Gasteiger partial charge is 0.373 e. The van der Waals surface area contributed by atoms with E-state index < -0.39 is 6.10 Å². The number of nitrogens with zero attached hydrogens (tertiary/aromatic N) is 3. The molecule has 0 spiro atoms. The van der Waals surface area contributed by atoms with E-state index in [4.69, 9.17) is 10.00 Å². The number of ether oxygens (including phenoxy) is 1. The second-order valence-corrected chi connectivity index (χ2v) is 4.37. The van der Waals surface area contributed by atoms with Crippen LogP contribution in [0, 0.1) is 18.3 Å². The highest BCUT2D eigenvalue weighted by molar-refractivity contribution is 5.95. The lowest BCUT2D eigenvalue weighted by Gasteiger charge is -2.29. The molecule has 1 unspecified atom stereocenters. The number of morpholine rings is 1. The molecular formula is C13H16N4O2. The lowest BCUT2D eigenvalue weighted by molar-refractivity contribution is 0.00346. The number of rotatable bonds is 2. The van der Waals surface area contributed by atoms with Crippen molar-refractivity contribution in [2.24, 2.45) is 0 Å². The summed E-state index contributed by atoms with van der Waals surface area (Å²) in [4.78, 5) is 18.3. The van der Waals surface area contributed by atoms with E-state index in [0.29, 0.717) is 31.1 Å². The first-order valence-corrected chi connectivity index (χ1v) is 6.11. The summed E-state index contributed by atoms with van der Waals surface area (Å²) in [5.41, 5.74) is 1.36. The number of hydrogen-bond acceptors (Lipinski definition) is 5. The zero-order valence-corrected chi connectivity index (χ0v) is 11.0. The molecule has 1 atom stereocenters. The van der Waals surface area contributed by atoms with Crippen LogP contribution in [0.1, 0.15) is 16.1 Å². The minimum atomic E-state index is -0.538. The van der Waals surface area contributed by atoms with E-state index in [1.807, 2.05) is 13.0 Å². The van der Waals surface area contributed by atoms with Gasteiger partial charge in [0.05, 0.1) is 19.2 Å². The molecule has 6 heteroatoms. The summed E-state index contributed by atoms with van der Waals surface area (Å²) in [7, 11) is 1.76. The van der Waals surface area contributed by atoms with E-state index in [1.54, 1.807) is 24.1 Å². The molecule has 1 fully saturated rings. The van der Waals surface area contributed by atoms with Gasteiger partial charge in [0.15, 0.2) is 6.10 Å². The quantitative estimate of drug-likeness (QED) is 0.850. The van der Waals surface area contributed by atoms with Crippen LogP contribution in [0.25, 0.3) is 0 Å². The number of anilines is 1. The smallest absolute Gasteiger partial charge is 0.254 e. The molecule has 0 bridgehead atoms. The fraction of sp³-hybridized carbons (Fsp3) is 0.462. The van der Waals surface area contributed by atoms with Crippen molar-refractivity contribution in [1.82, 2.24) is 9.88 Å². The lowest BCUT2D eigenvalue weighted by Crippen LogP contribution is -2.45. The van der Waals surface area contributed by atoms with Gasteiger partial charge in [-0.1, -0.05) is 0 Å². The maximum atomic E-state index is 12.4. The predicted octanol–water partition coefficient (Wildman–Crippen LogP) is 0.796. The van der Waals surface area contributed by atoms with E-state index in [2.05, 4.69) is 10.3 Å². The van der Waals surface area contributed by atoms with Crippen LogP contribution in [0.5, 0.6) is 0 Å². The van der Waals surface area contributed by atoms with E-state index in [0.717, 1.165) is 5.69 Å². The average Bonchev–Trinajstić information content (AvgIpc) is 2.45. The summed E-state index contributed by atoms with van der Waals surface area (Å²) >= 11 is 0. The molecule has 1 aromatic rings. The number of nitrogens with one attached hydrogen (secondary N) is 1. The van der Waals surface area contributed by atoms with Crippen LogP contribution in [-0.2, 0) is 4.74 Å². The summed E-state index contributed by atoms with van der Waals surface area (Å²) in [5, 5.41) is 11.8. The van der Waals surface area contributed by atoms with Gasteiger partial charge in [0, 0.05) is 24.8 Å². The standard InChI is InChI=1S/C13H16N4O2/c1-9-5-10(6-12(15-2)16-9)13(18)17-3-4-19-11(7-14)8-17/h5-6,11H,3-4,8H2,1-2H3,(H,15,16). The Balaban J connectivity index is 2.19. The van der Waals surface area contributed by atoms with Crippen LogP contribution in [0.4, 0.5) is 5.82 Å². The molecule has 2 rings (SSSR count). The highest BCUT2D eigenvalue weighted by Crippen LogP contribution is 2.14. The Morgan fingerprint density at radius 2 is 2.42 bits per heavy atom. The van der Waals surface area contributed by atoms with Gasteiger partial charge in [0.25, 0.3) is 5.91 Å². The third kappa shape index (κ3) is 3.01. The van der Waals surface area contributed by atoms with Crippen LogP contribution >= 0.6 is 0 Å². The number of pyridine rings is 1. The van der Waals surface area contributed by atoms with E-state index in [9.17, 15) is 4.79 Å². The van der Waals surface area contributed by atoms with Crippen LogP contribution < -0.4 is 5.32 Å². The van der Waals surface area contributed by atoms with Gasteiger partial charge in [0.2, 0.25) is 0 Å². The third-order valence-electron chi connectivity index (χ3n) is 2.95.